The van der Waals surface area contributed by atoms with Gasteiger partial charge in [0.05, 0.1) is 0 Å². The molecular weight excluding hydrogens is 216 g/mol. The third kappa shape index (κ3) is 2.88. The van der Waals surface area contributed by atoms with Crippen LogP contribution in [0.3, 0.4) is 0 Å². The second kappa shape index (κ2) is 4.40. The highest BCUT2D eigenvalue weighted by atomic mass is 79.9. The average molecular weight is 233 g/mol. The molecule has 0 aromatic rings. The molecule has 1 atom stereocenters. The van der Waals surface area contributed by atoms with Crippen LogP contribution in [0.4, 0.5) is 0 Å². The van der Waals surface area contributed by atoms with Gasteiger partial charge >= 0.3 is 0 Å². The lowest BCUT2D eigenvalue weighted by Gasteiger charge is -2.37. The molecule has 0 N–H and O–H groups in total. The number of likely N-dealkylation sites (N-methyl/N-ethyl adjacent to an activating group) is 1. The van der Waals surface area contributed by atoms with Gasteiger partial charge < -0.3 is 4.90 Å². The Hall–Kier alpha value is 0.140. The summed E-state index contributed by atoms with van der Waals surface area (Å²) < 4.78 is 1.08. The van der Waals surface area contributed by atoms with Gasteiger partial charge in [-0.25, -0.2) is 0 Å². The van der Waals surface area contributed by atoms with Crippen LogP contribution in [0.25, 0.3) is 0 Å². The Morgan fingerprint density at radius 2 is 2.25 bits per heavy atom. The Labute approximate surface area is 83.4 Å². The van der Waals surface area contributed by atoms with Crippen LogP contribution in [-0.4, -0.2) is 49.1 Å². The second-order valence-corrected chi connectivity index (χ2v) is 4.70. The Morgan fingerprint density at radius 1 is 1.58 bits per heavy atom. The molecule has 12 heavy (non-hydrogen) atoms. The number of hydrogen-bond donors (Lipinski definition) is 0. The predicted octanol–water partition coefficient (Wildman–Crippen LogP) is 1.53. The molecule has 0 bridgehead atoms. The lowest BCUT2D eigenvalue weighted by atomic mass is 10.2. The van der Waals surface area contributed by atoms with Crippen LogP contribution in [0.5, 0.6) is 0 Å². The number of halogens is 1. The van der Waals surface area contributed by atoms with Crippen molar-refractivity contribution in [3.05, 3.63) is 11.1 Å². The van der Waals surface area contributed by atoms with Crippen molar-refractivity contribution in [2.45, 2.75) is 13.0 Å². The lowest BCUT2D eigenvalue weighted by Crippen LogP contribution is -2.50. The third-order valence-electron chi connectivity index (χ3n) is 2.44. The van der Waals surface area contributed by atoms with E-state index in [-0.39, 0.29) is 0 Å². The molecule has 0 aromatic heterocycles. The SMILES string of the molecule is C=C(Br)CN1CCN(C)C(C)C1. The van der Waals surface area contributed by atoms with Gasteiger partial charge in [-0.3, -0.25) is 4.90 Å². The average Bonchev–Trinajstić information content (AvgIpc) is 1.96. The molecule has 3 heteroatoms. The lowest BCUT2D eigenvalue weighted by molar-refractivity contribution is 0.114. The molecule has 1 unspecified atom stereocenters. The minimum atomic E-state index is 0.672. The fourth-order valence-corrected chi connectivity index (χ4v) is 1.86. The van der Waals surface area contributed by atoms with Crippen LogP contribution in [0.2, 0.25) is 0 Å². The van der Waals surface area contributed by atoms with E-state index in [0.717, 1.165) is 24.1 Å². The highest BCUT2D eigenvalue weighted by Gasteiger charge is 2.19. The van der Waals surface area contributed by atoms with E-state index < -0.39 is 0 Å². The number of rotatable bonds is 2. The van der Waals surface area contributed by atoms with Crippen LogP contribution in [-0.2, 0) is 0 Å². The molecular formula is C9H17BrN2. The van der Waals surface area contributed by atoms with Gasteiger partial charge in [0.15, 0.2) is 0 Å². The van der Waals surface area contributed by atoms with Gasteiger partial charge in [-0.05, 0) is 14.0 Å². The molecule has 70 valence electrons. The van der Waals surface area contributed by atoms with E-state index >= 15 is 0 Å². The van der Waals surface area contributed by atoms with Gasteiger partial charge in [0, 0.05) is 36.7 Å². The van der Waals surface area contributed by atoms with Crippen LogP contribution in [0.15, 0.2) is 11.1 Å². The van der Waals surface area contributed by atoms with Gasteiger partial charge in [-0.2, -0.15) is 0 Å². The van der Waals surface area contributed by atoms with Crippen LogP contribution in [0.1, 0.15) is 6.92 Å². The molecule has 1 saturated heterocycles. The predicted molar refractivity (Wildman–Crippen MR) is 56.6 cm³/mol. The first kappa shape index (κ1) is 10.2. The maximum atomic E-state index is 3.85. The van der Waals surface area contributed by atoms with E-state index in [1.807, 2.05) is 0 Å². The Morgan fingerprint density at radius 3 is 2.75 bits per heavy atom. The monoisotopic (exact) mass is 232 g/mol. The summed E-state index contributed by atoms with van der Waals surface area (Å²) in [6.07, 6.45) is 0. The maximum absolute atomic E-state index is 3.85. The Bertz CT molecular complexity index is 170. The molecule has 1 aliphatic rings. The first-order chi connectivity index (χ1) is 5.59. The molecule has 1 rings (SSSR count). The summed E-state index contributed by atoms with van der Waals surface area (Å²) in [6, 6.07) is 0.672. The zero-order chi connectivity index (χ0) is 9.14. The van der Waals surface area contributed by atoms with Crippen molar-refractivity contribution in [2.75, 3.05) is 33.2 Å². The normalized spacial score (nSPS) is 27.4. The molecule has 1 aliphatic heterocycles. The van der Waals surface area contributed by atoms with Crippen LogP contribution < -0.4 is 0 Å². The molecule has 0 spiro atoms. The summed E-state index contributed by atoms with van der Waals surface area (Å²) in [4.78, 5) is 4.83. The number of nitrogens with zero attached hydrogens (tertiary/aromatic N) is 2. The van der Waals surface area contributed by atoms with Crippen molar-refractivity contribution >= 4 is 15.9 Å². The minimum absolute atomic E-state index is 0.672. The van der Waals surface area contributed by atoms with Crippen molar-refractivity contribution < 1.29 is 0 Å². The molecule has 0 saturated carbocycles. The first-order valence-electron chi connectivity index (χ1n) is 4.35. The molecule has 2 nitrogen and oxygen atoms in total. The van der Waals surface area contributed by atoms with Crippen LogP contribution >= 0.6 is 15.9 Å². The van der Waals surface area contributed by atoms with Gasteiger partial charge in [-0.1, -0.05) is 22.5 Å². The third-order valence-corrected chi connectivity index (χ3v) is 2.69. The van der Waals surface area contributed by atoms with Gasteiger partial charge in [0.1, 0.15) is 0 Å². The van der Waals surface area contributed by atoms with E-state index in [2.05, 4.69) is 46.3 Å². The summed E-state index contributed by atoms with van der Waals surface area (Å²) in [5.41, 5.74) is 0. The molecule has 0 aromatic carbocycles. The number of piperazine rings is 1. The zero-order valence-electron chi connectivity index (χ0n) is 7.89. The van der Waals surface area contributed by atoms with Crippen LogP contribution in [0, 0.1) is 0 Å². The van der Waals surface area contributed by atoms with Gasteiger partial charge in [-0.15, -0.1) is 0 Å². The summed E-state index contributed by atoms with van der Waals surface area (Å²) >= 11 is 3.40. The fourth-order valence-electron chi connectivity index (χ4n) is 1.51. The maximum Gasteiger partial charge on any atom is 0.0295 e. The quantitative estimate of drug-likeness (QED) is 0.713. The smallest absolute Gasteiger partial charge is 0.0295 e. The molecule has 1 fully saturated rings. The summed E-state index contributed by atoms with van der Waals surface area (Å²) in [6.45, 7) is 10.6. The Kier molecular flexibility index (Phi) is 3.75. The van der Waals surface area contributed by atoms with Crippen molar-refractivity contribution in [1.82, 2.24) is 9.80 Å². The minimum Gasteiger partial charge on any atom is -0.301 e. The second-order valence-electron chi connectivity index (χ2n) is 3.58. The van der Waals surface area contributed by atoms with Crippen molar-refractivity contribution in [1.29, 1.82) is 0 Å². The van der Waals surface area contributed by atoms with Crippen molar-refractivity contribution in [2.24, 2.45) is 0 Å². The number of hydrogen-bond acceptors (Lipinski definition) is 2. The molecule has 0 amide bonds. The van der Waals surface area contributed by atoms with E-state index in [1.54, 1.807) is 0 Å². The Balaban J connectivity index is 2.35. The van der Waals surface area contributed by atoms with Gasteiger partial charge in [0.25, 0.3) is 0 Å². The summed E-state index contributed by atoms with van der Waals surface area (Å²) in [7, 11) is 2.19. The fraction of sp³-hybridized carbons (Fsp3) is 0.778. The van der Waals surface area contributed by atoms with Gasteiger partial charge in [0.2, 0.25) is 0 Å². The van der Waals surface area contributed by atoms with E-state index in [1.165, 1.54) is 6.54 Å². The highest BCUT2D eigenvalue weighted by molar-refractivity contribution is 9.11. The van der Waals surface area contributed by atoms with Crippen molar-refractivity contribution in [3.8, 4) is 0 Å². The van der Waals surface area contributed by atoms with E-state index in [9.17, 15) is 0 Å². The molecule has 0 aliphatic carbocycles. The first-order valence-corrected chi connectivity index (χ1v) is 5.15. The van der Waals surface area contributed by atoms with E-state index in [0.29, 0.717) is 6.04 Å². The summed E-state index contributed by atoms with van der Waals surface area (Å²) in [5.74, 6) is 0. The standard InChI is InChI=1S/C9H17BrN2/c1-8(10)6-12-5-4-11(3)9(2)7-12/h9H,1,4-7H2,2-3H3. The topological polar surface area (TPSA) is 6.48 Å². The van der Waals surface area contributed by atoms with E-state index in [4.69, 9.17) is 0 Å². The molecule has 0 radical (unpaired) electrons. The van der Waals surface area contributed by atoms with Crippen molar-refractivity contribution in [3.63, 3.8) is 0 Å². The largest absolute Gasteiger partial charge is 0.301 e. The highest BCUT2D eigenvalue weighted by Crippen LogP contribution is 2.10. The molecule has 1 heterocycles. The summed E-state index contributed by atoms with van der Waals surface area (Å²) in [5, 5.41) is 0. The zero-order valence-corrected chi connectivity index (χ0v) is 9.47.